The van der Waals surface area contributed by atoms with E-state index in [0.717, 1.165) is 22.5 Å². The van der Waals surface area contributed by atoms with Crippen molar-refractivity contribution in [2.45, 2.75) is 0 Å². The molecular formula is C10H14NO2P. The molecule has 0 spiro atoms. The maximum Gasteiger partial charge on any atom is 0.171 e. The van der Waals surface area contributed by atoms with Gasteiger partial charge in [0, 0.05) is 11.0 Å². The van der Waals surface area contributed by atoms with Gasteiger partial charge in [-0.15, -0.1) is 0 Å². The second-order valence-electron chi connectivity index (χ2n) is 3.42. The number of benzene rings is 1. The van der Waals surface area contributed by atoms with Gasteiger partial charge in [0.1, 0.15) is 13.2 Å². The topological polar surface area (TPSA) is 44.5 Å². The molecule has 0 unspecified atom stereocenters. The van der Waals surface area contributed by atoms with E-state index in [1.165, 1.54) is 0 Å². The molecule has 0 saturated heterocycles. The highest BCUT2D eigenvalue weighted by Gasteiger charge is 2.19. The largest absolute Gasteiger partial charge is 0.486 e. The summed E-state index contributed by atoms with van der Waals surface area (Å²) in [5.41, 5.74) is 6.74. The SMILES string of the molecule is CP(C)c1c(N)ccc2c1OCCO2. The molecule has 0 amide bonds. The fraction of sp³-hybridized carbons (Fsp3) is 0.400. The van der Waals surface area contributed by atoms with Gasteiger partial charge in [0.25, 0.3) is 0 Å². The fourth-order valence-electron chi connectivity index (χ4n) is 1.58. The zero-order chi connectivity index (χ0) is 10.1. The predicted octanol–water partition coefficient (Wildman–Crippen LogP) is 1.41. The van der Waals surface area contributed by atoms with Gasteiger partial charge in [0.15, 0.2) is 11.5 Å². The van der Waals surface area contributed by atoms with Crippen LogP contribution in [0.2, 0.25) is 0 Å². The van der Waals surface area contributed by atoms with Gasteiger partial charge in [-0.1, -0.05) is 7.92 Å². The van der Waals surface area contributed by atoms with Gasteiger partial charge in [-0.05, 0) is 25.5 Å². The van der Waals surface area contributed by atoms with Crippen LogP contribution in [-0.4, -0.2) is 26.5 Å². The normalized spacial score (nSPS) is 14.5. The zero-order valence-corrected chi connectivity index (χ0v) is 9.30. The van der Waals surface area contributed by atoms with Gasteiger partial charge in [-0.25, -0.2) is 0 Å². The lowest BCUT2D eigenvalue weighted by molar-refractivity contribution is 0.173. The van der Waals surface area contributed by atoms with Crippen LogP contribution in [0.5, 0.6) is 11.5 Å². The second-order valence-corrected chi connectivity index (χ2v) is 5.66. The van der Waals surface area contributed by atoms with Crippen LogP contribution in [0.15, 0.2) is 12.1 Å². The van der Waals surface area contributed by atoms with Crippen LogP contribution in [0.4, 0.5) is 5.69 Å². The minimum absolute atomic E-state index is 0.261. The van der Waals surface area contributed by atoms with Crippen molar-refractivity contribution in [3.8, 4) is 11.5 Å². The Bertz CT molecular complexity index is 352. The first-order valence-corrected chi connectivity index (χ1v) is 6.79. The summed E-state index contributed by atoms with van der Waals surface area (Å²) in [7, 11) is -0.261. The highest BCUT2D eigenvalue weighted by atomic mass is 31.1. The minimum Gasteiger partial charge on any atom is -0.486 e. The molecule has 0 fully saturated rings. The van der Waals surface area contributed by atoms with Crippen molar-refractivity contribution >= 4 is 18.9 Å². The maximum absolute atomic E-state index is 5.93. The van der Waals surface area contributed by atoms with Crippen molar-refractivity contribution in [2.24, 2.45) is 0 Å². The number of rotatable bonds is 1. The van der Waals surface area contributed by atoms with Gasteiger partial charge >= 0.3 is 0 Å². The van der Waals surface area contributed by atoms with Crippen molar-refractivity contribution in [3.05, 3.63) is 12.1 Å². The van der Waals surface area contributed by atoms with E-state index in [4.69, 9.17) is 15.2 Å². The van der Waals surface area contributed by atoms with Gasteiger partial charge < -0.3 is 15.2 Å². The first kappa shape index (κ1) is 9.60. The van der Waals surface area contributed by atoms with Crippen LogP contribution >= 0.6 is 7.92 Å². The molecule has 0 aliphatic carbocycles. The molecule has 14 heavy (non-hydrogen) atoms. The Kier molecular flexibility index (Phi) is 2.51. The summed E-state index contributed by atoms with van der Waals surface area (Å²) < 4.78 is 11.1. The van der Waals surface area contributed by atoms with Crippen molar-refractivity contribution in [1.29, 1.82) is 0 Å². The summed E-state index contributed by atoms with van der Waals surface area (Å²) in [5.74, 6) is 1.68. The van der Waals surface area contributed by atoms with Gasteiger partial charge in [-0.2, -0.15) is 0 Å². The third-order valence-electron chi connectivity index (χ3n) is 2.16. The first-order chi connectivity index (χ1) is 6.70. The Balaban J connectivity index is 2.55. The lowest BCUT2D eigenvalue weighted by Crippen LogP contribution is -2.21. The van der Waals surface area contributed by atoms with E-state index < -0.39 is 0 Å². The monoisotopic (exact) mass is 211 g/mol. The molecule has 2 N–H and O–H groups in total. The van der Waals surface area contributed by atoms with E-state index in [1.807, 2.05) is 12.1 Å². The Labute approximate surface area is 85.0 Å². The lowest BCUT2D eigenvalue weighted by Gasteiger charge is -2.23. The summed E-state index contributed by atoms with van der Waals surface area (Å²) in [5, 5.41) is 1.12. The van der Waals surface area contributed by atoms with Gasteiger partial charge in [-0.3, -0.25) is 0 Å². The third kappa shape index (κ3) is 1.53. The number of nitrogens with two attached hydrogens (primary N) is 1. The van der Waals surface area contributed by atoms with Crippen LogP contribution in [0.1, 0.15) is 0 Å². The van der Waals surface area contributed by atoms with Crippen LogP contribution in [-0.2, 0) is 0 Å². The van der Waals surface area contributed by atoms with E-state index in [-0.39, 0.29) is 7.92 Å². The summed E-state index contributed by atoms with van der Waals surface area (Å²) in [6, 6.07) is 3.78. The number of hydrogen-bond acceptors (Lipinski definition) is 3. The average molecular weight is 211 g/mol. The van der Waals surface area contributed by atoms with Crippen LogP contribution in [0.25, 0.3) is 0 Å². The summed E-state index contributed by atoms with van der Waals surface area (Å²) in [6.45, 7) is 5.58. The average Bonchev–Trinajstić information content (AvgIpc) is 2.17. The molecule has 76 valence electrons. The summed E-state index contributed by atoms with van der Waals surface area (Å²) >= 11 is 0. The number of anilines is 1. The molecule has 0 atom stereocenters. The minimum atomic E-state index is -0.261. The highest BCUT2D eigenvalue weighted by molar-refractivity contribution is 7.64. The quantitative estimate of drug-likeness (QED) is 0.564. The Morgan fingerprint density at radius 2 is 1.93 bits per heavy atom. The first-order valence-electron chi connectivity index (χ1n) is 4.55. The highest BCUT2D eigenvalue weighted by Crippen LogP contribution is 2.39. The molecule has 3 nitrogen and oxygen atoms in total. The van der Waals surface area contributed by atoms with Crippen molar-refractivity contribution in [3.63, 3.8) is 0 Å². The number of hydrogen-bond donors (Lipinski definition) is 1. The number of nitrogen functional groups attached to an aromatic ring is 1. The Morgan fingerprint density at radius 1 is 1.21 bits per heavy atom. The molecule has 1 aliphatic heterocycles. The van der Waals surface area contributed by atoms with Crippen LogP contribution in [0.3, 0.4) is 0 Å². The molecule has 4 heteroatoms. The molecule has 1 aromatic carbocycles. The van der Waals surface area contributed by atoms with E-state index in [1.54, 1.807) is 0 Å². The van der Waals surface area contributed by atoms with E-state index in [0.29, 0.717) is 13.2 Å². The smallest absolute Gasteiger partial charge is 0.171 e. The summed E-state index contributed by atoms with van der Waals surface area (Å²) in [4.78, 5) is 0. The van der Waals surface area contributed by atoms with Gasteiger partial charge in [0.2, 0.25) is 0 Å². The molecule has 1 aliphatic rings. The van der Waals surface area contributed by atoms with Crippen LogP contribution in [0, 0.1) is 0 Å². The molecule has 0 bridgehead atoms. The maximum atomic E-state index is 5.93. The van der Waals surface area contributed by atoms with Crippen LogP contribution < -0.4 is 20.5 Å². The zero-order valence-electron chi connectivity index (χ0n) is 8.41. The fourth-order valence-corrected chi connectivity index (χ4v) is 2.75. The second kappa shape index (κ2) is 3.66. The van der Waals surface area contributed by atoms with Crippen molar-refractivity contribution < 1.29 is 9.47 Å². The summed E-state index contributed by atoms with van der Waals surface area (Å²) in [6.07, 6.45) is 0. The molecule has 0 aromatic heterocycles. The number of ether oxygens (including phenoxy) is 2. The molecule has 0 saturated carbocycles. The third-order valence-corrected chi connectivity index (χ3v) is 3.52. The van der Waals surface area contributed by atoms with E-state index >= 15 is 0 Å². The van der Waals surface area contributed by atoms with Gasteiger partial charge in [0.05, 0.1) is 0 Å². The molecule has 0 radical (unpaired) electrons. The molecule has 1 aromatic rings. The molecule has 1 heterocycles. The Morgan fingerprint density at radius 3 is 2.64 bits per heavy atom. The Hall–Kier alpha value is -0.950. The standard InChI is InChI=1S/C10H14NO2P/c1-14(2)10-7(11)3-4-8-9(10)13-6-5-12-8/h3-4H,5-6,11H2,1-2H3. The molecule has 2 rings (SSSR count). The van der Waals surface area contributed by atoms with E-state index in [9.17, 15) is 0 Å². The molecular weight excluding hydrogens is 197 g/mol. The van der Waals surface area contributed by atoms with Crippen molar-refractivity contribution in [1.82, 2.24) is 0 Å². The van der Waals surface area contributed by atoms with Crippen molar-refractivity contribution in [2.75, 3.05) is 32.3 Å². The number of fused-ring (bicyclic) bond motifs is 1. The van der Waals surface area contributed by atoms with E-state index in [2.05, 4.69) is 13.3 Å². The lowest BCUT2D eigenvalue weighted by atomic mass is 10.2. The predicted molar refractivity (Wildman–Crippen MR) is 60.2 cm³/mol.